The van der Waals surface area contributed by atoms with Crippen LogP contribution in [0.5, 0.6) is 0 Å². The van der Waals surface area contributed by atoms with E-state index in [-0.39, 0.29) is 18.6 Å². The SMILES string of the molecule is CC(C)(C)C(CO)=NOCc1cc(F)cc(F)c1. The molecule has 0 fully saturated rings. The minimum Gasteiger partial charge on any atom is -0.391 e. The summed E-state index contributed by atoms with van der Waals surface area (Å²) in [6, 6.07) is 3.14. The van der Waals surface area contributed by atoms with Gasteiger partial charge in [0.2, 0.25) is 0 Å². The Hall–Kier alpha value is -1.49. The summed E-state index contributed by atoms with van der Waals surface area (Å²) in [7, 11) is 0. The van der Waals surface area contributed by atoms with Gasteiger partial charge in [-0.15, -0.1) is 0 Å². The molecular formula is C13H17F2NO2. The van der Waals surface area contributed by atoms with Crippen molar-refractivity contribution < 1.29 is 18.7 Å². The quantitative estimate of drug-likeness (QED) is 0.665. The van der Waals surface area contributed by atoms with E-state index >= 15 is 0 Å². The van der Waals surface area contributed by atoms with Crippen LogP contribution in [0, 0.1) is 17.0 Å². The number of halogens is 2. The van der Waals surface area contributed by atoms with Crippen LogP contribution in [0.1, 0.15) is 26.3 Å². The van der Waals surface area contributed by atoms with Gasteiger partial charge in [0.25, 0.3) is 0 Å². The fourth-order valence-corrected chi connectivity index (χ4v) is 1.28. The molecule has 100 valence electrons. The molecule has 0 spiro atoms. The highest BCUT2D eigenvalue weighted by molar-refractivity contribution is 5.89. The molecule has 0 aromatic heterocycles. The summed E-state index contributed by atoms with van der Waals surface area (Å²) in [6.45, 7) is 5.38. The molecule has 18 heavy (non-hydrogen) atoms. The van der Waals surface area contributed by atoms with Crippen LogP contribution in [-0.2, 0) is 11.4 Å². The molecule has 0 heterocycles. The molecular weight excluding hydrogens is 240 g/mol. The van der Waals surface area contributed by atoms with Gasteiger partial charge in [-0.2, -0.15) is 0 Å². The number of rotatable bonds is 4. The van der Waals surface area contributed by atoms with E-state index < -0.39 is 11.6 Å². The number of aliphatic hydroxyl groups excluding tert-OH is 1. The Morgan fingerprint density at radius 1 is 1.22 bits per heavy atom. The topological polar surface area (TPSA) is 41.8 Å². The molecule has 0 saturated carbocycles. The summed E-state index contributed by atoms with van der Waals surface area (Å²) in [5.41, 5.74) is 0.504. The number of benzene rings is 1. The Morgan fingerprint density at radius 3 is 2.22 bits per heavy atom. The van der Waals surface area contributed by atoms with Crippen molar-refractivity contribution in [3.05, 3.63) is 35.4 Å². The molecule has 3 nitrogen and oxygen atoms in total. The van der Waals surface area contributed by atoms with Gasteiger partial charge in [0.15, 0.2) is 0 Å². The lowest BCUT2D eigenvalue weighted by atomic mass is 9.91. The predicted molar refractivity (Wildman–Crippen MR) is 65.1 cm³/mol. The fraction of sp³-hybridized carbons (Fsp3) is 0.462. The largest absolute Gasteiger partial charge is 0.391 e. The second-order valence-electron chi connectivity index (χ2n) is 5.00. The molecule has 5 heteroatoms. The van der Waals surface area contributed by atoms with E-state index in [4.69, 9.17) is 9.94 Å². The fourth-order valence-electron chi connectivity index (χ4n) is 1.28. The molecule has 0 radical (unpaired) electrons. The van der Waals surface area contributed by atoms with Crippen molar-refractivity contribution in [1.82, 2.24) is 0 Å². The third-order valence-electron chi connectivity index (χ3n) is 2.34. The first kappa shape index (κ1) is 14.6. The number of hydrogen-bond donors (Lipinski definition) is 1. The third kappa shape index (κ3) is 4.41. The van der Waals surface area contributed by atoms with Gasteiger partial charge in [-0.1, -0.05) is 25.9 Å². The highest BCUT2D eigenvalue weighted by Crippen LogP contribution is 2.16. The molecule has 0 saturated heterocycles. The molecule has 0 amide bonds. The molecule has 0 aliphatic carbocycles. The van der Waals surface area contributed by atoms with Crippen molar-refractivity contribution in [2.24, 2.45) is 10.6 Å². The second kappa shape index (κ2) is 5.91. The molecule has 1 aromatic carbocycles. The summed E-state index contributed by atoms with van der Waals surface area (Å²) in [6.07, 6.45) is 0. The van der Waals surface area contributed by atoms with E-state index in [2.05, 4.69) is 5.16 Å². The number of aliphatic hydroxyl groups is 1. The van der Waals surface area contributed by atoms with Gasteiger partial charge < -0.3 is 9.94 Å². The summed E-state index contributed by atoms with van der Waals surface area (Å²) in [4.78, 5) is 5.00. The van der Waals surface area contributed by atoms with Crippen LogP contribution in [0.25, 0.3) is 0 Å². The average molecular weight is 257 g/mol. The maximum atomic E-state index is 12.9. The van der Waals surface area contributed by atoms with Crippen molar-refractivity contribution in [2.75, 3.05) is 6.61 Å². The van der Waals surface area contributed by atoms with Gasteiger partial charge in [0, 0.05) is 11.5 Å². The smallest absolute Gasteiger partial charge is 0.142 e. The van der Waals surface area contributed by atoms with Crippen LogP contribution in [0.3, 0.4) is 0 Å². The summed E-state index contributed by atoms with van der Waals surface area (Å²) in [5, 5.41) is 12.9. The van der Waals surface area contributed by atoms with E-state index in [0.29, 0.717) is 11.3 Å². The standard InChI is InChI=1S/C13H17F2NO2/c1-13(2,3)12(7-17)16-18-8-9-4-10(14)6-11(15)5-9/h4-6,17H,7-8H2,1-3H3. The number of hydrogen-bond acceptors (Lipinski definition) is 3. The normalized spacial score (nSPS) is 12.7. The minimum absolute atomic E-state index is 0.0474. The van der Waals surface area contributed by atoms with Gasteiger partial charge in [-0.3, -0.25) is 0 Å². The van der Waals surface area contributed by atoms with E-state index in [1.54, 1.807) is 0 Å². The van der Waals surface area contributed by atoms with E-state index in [1.165, 1.54) is 12.1 Å². The monoisotopic (exact) mass is 257 g/mol. The molecule has 1 rings (SSSR count). The number of oxime groups is 1. The molecule has 0 aliphatic heterocycles. The zero-order valence-electron chi connectivity index (χ0n) is 10.7. The van der Waals surface area contributed by atoms with Gasteiger partial charge in [-0.05, 0) is 17.7 Å². The van der Waals surface area contributed by atoms with Crippen LogP contribution < -0.4 is 0 Å². The zero-order valence-corrected chi connectivity index (χ0v) is 10.7. The first-order valence-electron chi connectivity index (χ1n) is 5.58. The number of nitrogens with zero attached hydrogens (tertiary/aromatic N) is 1. The van der Waals surface area contributed by atoms with Crippen molar-refractivity contribution in [2.45, 2.75) is 27.4 Å². The van der Waals surface area contributed by atoms with Crippen molar-refractivity contribution in [3.8, 4) is 0 Å². The molecule has 0 aliphatic rings. The first-order valence-corrected chi connectivity index (χ1v) is 5.58. The first-order chi connectivity index (χ1) is 8.32. The maximum absolute atomic E-state index is 12.9. The Labute approximate surface area is 105 Å². The lowest BCUT2D eigenvalue weighted by Gasteiger charge is -2.18. The Kier molecular flexibility index (Phi) is 4.78. The van der Waals surface area contributed by atoms with Gasteiger partial charge in [-0.25, -0.2) is 8.78 Å². The Morgan fingerprint density at radius 2 is 1.78 bits per heavy atom. The van der Waals surface area contributed by atoms with Crippen molar-refractivity contribution in [1.29, 1.82) is 0 Å². The van der Waals surface area contributed by atoms with Crippen LogP contribution in [0.15, 0.2) is 23.4 Å². The minimum atomic E-state index is -0.657. The van der Waals surface area contributed by atoms with E-state index in [9.17, 15) is 8.78 Å². The van der Waals surface area contributed by atoms with Gasteiger partial charge in [0.05, 0.1) is 12.3 Å². The van der Waals surface area contributed by atoms with Crippen LogP contribution in [0.4, 0.5) is 8.78 Å². The highest BCUT2D eigenvalue weighted by atomic mass is 19.1. The van der Waals surface area contributed by atoms with E-state index in [1.807, 2.05) is 20.8 Å². The summed E-state index contributed by atoms with van der Waals surface area (Å²) >= 11 is 0. The molecule has 1 aromatic rings. The molecule has 0 bridgehead atoms. The highest BCUT2D eigenvalue weighted by Gasteiger charge is 2.18. The molecule has 0 unspecified atom stereocenters. The lowest BCUT2D eigenvalue weighted by Crippen LogP contribution is -2.24. The predicted octanol–water partition coefficient (Wildman–Crippen LogP) is 2.88. The maximum Gasteiger partial charge on any atom is 0.142 e. The molecule has 1 N–H and O–H groups in total. The Bertz CT molecular complexity index is 419. The van der Waals surface area contributed by atoms with Gasteiger partial charge >= 0.3 is 0 Å². The third-order valence-corrected chi connectivity index (χ3v) is 2.34. The molecule has 0 atom stereocenters. The summed E-state index contributed by atoms with van der Waals surface area (Å²) < 4.78 is 25.8. The van der Waals surface area contributed by atoms with Crippen LogP contribution in [-0.4, -0.2) is 17.4 Å². The summed E-state index contributed by atoms with van der Waals surface area (Å²) in [5.74, 6) is -1.31. The van der Waals surface area contributed by atoms with Crippen molar-refractivity contribution in [3.63, 3.8) is 0 Å². The second-order valence-corrected chi connectivity index (χ2v) is 5.00. The van der Waals surface area contributed by atoms with Crippen LogP contribution in [0.2, 0.25) is 0 Å². The average Bonchev–Trinajstić information content (AvgIpc) is 2.21. The van der Waals surface area contributed by atoms with Crippen LogP contribution >= 0.6 is 0 Å². The zero-order chi connectivity index (χ0) is 13.8. The van der Waals surface area contributed by atoms with Gasteiger partial charge in [0.1, 0.15) is 18.2 Å². The Balaban J connectivity index is 2.68. The van der Waals surface area contributed by atoms with E-state index in [0.717, 1.165) is 6.07 Å². The van der Waals surface area contributed by atoms with Crippen molar-refractivity contribution >= 4 is 5.71 Å². The lowest BCUT2D eigenvalue weighted by molar-refractivity contribution is 0.124.